The molecule has 0 saturated carbocycles. The molecule has 0 spiro atoms. The van der Waals surface area contributed by atoms with Gasteiger partial charge in [-0.2, -0.15) is 0 Å². The molecule has 100 valence electrons. The number of carboxylic acid groups (broad SMARTS) is 1. The van der Waals surface area contributed by atoms with Crippen LogP contribution in [0, 0.1) is 0 Å². The molecule has 0 radical (unpaired) electrons. The summed E-state index contributed by atoms with van der Waals surface area (Å²) in [6.45, 7) is 2.86. The maximum atomic E-state index is 10.6. The van der Waals surface area contributed by atoms with E-state index in [2.05, 4.69) is 24.0 Å². The smallest absolute Gasteiger partial charge is 0.313 e. The summed E-state index contributed by atoms with van der Waals surface area (Å²) >= 11 is 1.25. The summed E-state index contributed by atoms with van der Waals surface area (Å²) in [4.78, 5) is 14.8. The zero-order valence-electron chi connectivity index (χ0n) is 10.7. The first-order chi connectivity index (χ1) is 9.20. The largest absolute Gasteiger partial charge is 0.481 e. The van der Waals surface area contributed by atoms with Crippen LogP contribution in [-0.2, 0) is 17.8 Å². The molecule has 2 aromatic rings. The third-order valence-corrected chi connectivity index (χ3v) is 3.83. The average Bonchev–Trinajstić information content (AvgIpc) is 2.84. The highest BCUT2D eigenvalue weighted by Crippen LogP contribution is 2.18. The minimum absolute atomic E-state index is 0.0342. The molecule has 1 heterocycles. The Bertz CT molecular complexity index is 566. The molecule has 0 atom stereocenters. The summed E-state index contributed by atoms with van der Waals surface area (Å²) in [7, 11) is 0. The lowest BCUT2D eigenvalue weighted by molar-refractivity contribution is -0.133. The lowest BCUT2D eigenvalue weighted by Gasteiger charge is -2.10. The van der Waals surface area contributed by atoms with E-state index >= 15 is 0 Å². The fraction of sp³-hybridized carbons (Fsp3) is 0.286. The lowest BCUT2D eigenvalue weighted by Crippen LogP contribution is -2.05. The van der Waals surface area contributed by atoms with Gasteiger partial charge in [-0.1, -0.05) is 43.0 Å². The van der Waals surface area contributed by atoms with Crippen molar-refractivity contribution in [1.82, 2.24) is 9.55 Å². The van der Waals surface area contributed by atoms with E-state index in [1.165, 1.54) is 22.9 Å². The fourth-order valence-corrected chi connectivity index (χ4v) is 2.60. The number of hydrogen-bond acceptors (Lipinski definition) is 3. The summed E-state index contributed by atoms with van der Waals surface area (Å²) in [5.41, 5.74) is 2.56. The van der Waals surface area contributed by atoms with E-state index in [4.69, 9.17) is 5.11 Å². The Labute approximate surface area is 116 Å². The first-order valence-corrected chi connectivity index (χ1v) is 7.11. The predicted octanol–water partition coefficient (Wildman–Crippen LogP) is 2.67. The Morgan fingerprint density at radius 1 is 1.37 bits per heavy atom. The highest BCUT2D eigenvalue weighted by atomic mass is 32.2. The molecule has 0 bridgehead atoms. The van der Waals surface area contributed by atoms with E-state index < -0.39 is 5.97 Å². The van der Waals surface area contributed by atoms with E-state index in [0.717, 1.165) is 18.1 Å². The number of carboxylic acids is 1. The number of carbonyl (C=O) groups is 1. The summed E-state index contributed by atoms with van der Waals surface area (Å²) in [5.74, 6) is -0.791. The summed E-state index contributed by atoms with van der Waals surface area (Å²) in [6.07, 6.45) is 4.58. The van der Waals surface area contributed by atoms with Gasteiger partial charge in [-0.15, -0.1) is 0 Å². The molecular formula is C14H16N2O2S. The number of aryl methyl sites for hydroxylation is 1. The van der Waals surface area contributed by atoms with Gasteiger partial charge in [0.25, 0.3) is 0 Å². The molecule has 0 aliphatic heterocycles. The van der Waals surface area contributed by atoms with Crippen molar-refractivity contribution in [3.8, 4) is 0 Å². The van der Waals surface area contributed by atoms with E-state index in [-0.39, 0.29) is 5.75 Å². The molecule has 0 aliphatic rings. The van der Waals surface area contributed by atoms with E-state index in [1.807, 2.05) is 22.9 Å². The van der Waals surface area contributed by atoms with Crippen molar-refractivity contribution in [2.24, 2.45) is 0 Å². The van der Waals surface area contributed by atoms with E-state index in [1.54, 1.807) is 6.20 Å². The first-order valence-electron chi connectivity index (χ1n) is 6.13. The maximum Gasteiger partial charge on any atom is 0.313 e. The number of aliphatic carboxylic acids is 1. The summed E-state index contributed by atoms with van der Waals surface area (Å²) in [5, 5.41) is 9.46. The van der Waals surface area contributed by atoms with Crippen LogP contribution in [0.1, 0.15) is 18.1 Å². The van der Waals surface area contributed by atoms with Crippen LogP contribution >= 0.6 is 11.8 Å². The predicted molar refractivity (Wildman–Crippen MR) is 75.5 cm³/mol. The second-order valence-corrected chi connectivity index (χ2v) is 5.08. The number of aromatic nitrogens is 2. The molecule has 1 N–H and O–H groups in total. The highest BCUT2D eigenvalue weighted by molar-refractivity contribution is 7.99. The molecule has 0 saturated heterocycles. The van der Waals surface area contributed by atoms with Crippen molar-refractivity contribution in [3.63, 3.8) is 0 Å². The van der Waals surface area contributed by atoms with Crippen molar-refractivity contribution in [2.75, 3.05) is 5.75 Å². The van der Waals surface area contributed by atoms with Crippen LogP contribution in [-0.4, -0.2) is 26.4 Å². The van der Waals surface area contributed by atoms with Gasteiger partial charge in [0.15, 0.2) is 5.16 Å². The number of rotatable bonds is 6. The van der Waals surface area contributed by atoms with Gasteiger partial charge in [-0.25, -0.2) is 4.98 Å². The maximum absolute atomic E-state index is 10.6. The molecule has 2 rings (SSSR count). The van der Waals surface area contributed by atoms with Gasteiger partial charge < -0.3 is 9.67 Å². The number of benzene rings is 1. The van der Waals surface area contributed by atoms with E-state index in [9.17, 15) is 4.79 Å². The van der Waals surface area contributed by atoms with Crippen LogP contribution in [0.15, 0.2) is 41.8 Å². The highest BCUT2D eigenvalue weighted by Gasteiger charge is 2.08. The third kappa shape index (κ3) is 3.61. The van der Waals surface area contributed by atoms with Crippen LogP contribution in [0.25, 0.3) is 0 Å². The van der Waals surface area contributed by atoms with Crippen molar-refractivity contribution in [1.29, 1.82) is 0 Å². The zero-order valence-corrected chi connectivity index (χ0v) is 11.6. The summed E-state index contributed by atoms with van der Waals surface area (Å²) in [6, 6.07) is 8.28. The molecule has 0 aliphatic carbocycles. The van der Waals surface area contributed by atoms with Gasteiger partial charge in [-0.05, 0) is 17.5 Å². The summed E-state index contributed by atoms with van der Waals surface area (Å²) < 4.78 is 1.99. The topological polar surface area (TPSA) is 55.1 Å². The Morgan fingerprint density at radius 3 is 2.79 bits per heavy atom. The van der Waals surface area contributed by atoms with Gasteiger partial charge in [0.2, 0.25) is 0 Å². The second kappa shape index (κ2) is 6.43. The minimum Gasteiger partial charge on any atom is -0.481 e. The van der Waals surface area contributed by atoms with Crippen LogP contribution in [0.3, 0.4) is 0 Å². The monoisotopic (exact) mass is 276 g/mol. The molecule has 4 nitrogen and oxygen atoms in total. The Hall–Kier alpha value is -1.75. The molecule has 5 heteroatoms. The van der Waals surface area contributed by atoms with Crippen LogP contribution in [0.2, 0.25) is 0 Å². The first kappa shape index (κ1) is 13.7. The Morgan fingerprint density at radius 2 is 2.11 bits per heavy atom. The Balaban J connectivity index is 2.15. The van der Waals surface area contributed by atoms with Gasteiger partial charge >= 0.3 is 5.97 Å². The van der Waals surface area contributed by atoms with Crippen LogP contribution < -0.4 is 0 Å². The minimum atomic E-state index is -0.825. The van der Waals surface area contributed by atoms with Gasteiger partial charge in [0.05, 0.1) is 5.75 Å². The van der Waals surface area contributed by atoms with Crippen molar-refractivity contribution in [2.45, 2.75) is 25.0 Å². The normalized spacial score (nSPS) is 10.6. The average molecular weight is 276 g/mol. The van der Waals surface area contributed by atoms with Crippen molar-refractivity contribution >= 4 is 17.7 Å². The number of hydrogen-bond donors (Lipinski definition) is 1. The van der Waals surface area contributed by atoms with Gasteiger partial charge in [0.1, 0.15) is 0 Å². The SMILES string of the molecule is CCc1ccccc1Cn1ccnc1SCC(=O)O. The molecular weight excluding hydrogens is 260 g/mol. The molecule has 0 amide bonds. The molecule has 1 aromatic carbocycles. The van der Waals surface area contributed by atoms with Crippen LogP contribution in [0.4, 0.5) is 0 Å². The molecule has 19 heavy (non-hydrogen) atoms. The standard InChI is InChI=1S/C14H16N2O2S/c1-2-11-5-3-4-6-12(11)9-16-8-7-15-14(16)19-10-13(17)18/h3-8H,2,9-10H2,1H3,(H,17,18). The zero-order chi connectivity index (χ0) is 13.7. The quantitative estimate of drug-likeness (QED) is 0.824. The van der Waals surface area contributed by atoms with Crippen LogP contribution in [0.5, 0.6) is 0 Å². The van der Waals surface area contributed by atoms with Crippen molar-refractivity contribution < 1.29 is 9.90 Å². The number of imidazole rings is 1. The Kier molecular flexibility index (Phi) is 4.63. The lowest BCUT2D eigenvalue weighted by atomic mass is 10.1. The molecule has 0 fully saturated rings. The van der Waals surface area contributed by atoms with Gasteiger partial charge in [0, 0.05) is 18.9 Å². The van der Waals surface area contributed by atoms with Gasteiger partial charge in [-0.3, -0.25) is 4.79 Å². The number of thioether (sulfide) groups is 1. The third-order valence-electron chi connectivity index (χ3n) is 2.84. The van der Waals surface area contributed by atoms with E-state index in [0.29, 0.717) is 0 Å². The molecule has 0 unspecified atom stereocenters. The number of nitrogens with zero attached hydrogens (tertiary/aromatic N) is 2. The fourth-order valence-electron chi connectivity index (χ4n) is 1.92. The van der Waals surface area contributed by atoms with Crippen molar-refractivity contribution in [3.05, 3.63) is 47.8 Å². The second-order valence-electron chi connectivity index (χ2n) is 4.14. The molecule has 1 aromatic heterocycles.